The lowest BCUT2D eigenvalue weighted by atomic mass is 10.2. The van der Waals surface area contributed by atoms with E-state index in [1.807, 2.05) is 0 Å². The molecule has 1 aromatic rings. The number of non-ortho nitro benzene ring substituents is 1. The van der Waals surface area contributed by atoms with Gasteiger partial charge in [0.25, 0.3) is 5.69 Å². The van der Waals surface area contributed by atoms with Gasteiger partial charge in [-0.3, -0.25) is 15.0 Å². The highest BCUT2D eigenvalue weighted by Crippen LogP contribution is 2.17. The van der Waals surface area contributed by atoms with Crippen LogP contribution in [-0.4, -0.2) is 48.7 Å². The topological polar surface area (TPSA) is 67.6 Å². The summed E-state index contributed by atoms with van der Waals surface area (Å²) < 4.78 is 5.59. The fourth-order valence-corrected chi connectivity index (χ4v) is 2.17. The van der Waals surface area contributed by atoms with Crippen LogP contribution in [0.3, 0.4) is 0 Å². The maximum atomic E-state index is 10.5. The Hall–Kier alpha value is -1.08. The van der Waals surface area contributed by atoms with Crippen LogP contribution < -0.4 is 10.1 Å². The Kier molecular flexibility index (Phi) is 9.28. The molecule has 1 heterocycles. The summed E-state index contributed by atoms with van der Waals surface area (Å²) in [5, 5.41) is 13.9. The zero-order chi connectivity index (χ0) is 13.7. The average Bonchev–Trinajstić information content (AvgIpc) is 2.39. The molecule has 1 atom stereocenters. The number of benzene rings is 1. The molecular weight excluding hydrogens is 317 g/mol. The molecule has 1 aliphatic rings. The van der Waals surface area contributed by atoms with Gasteiger partial charge >= 0.3 is 0 Å². The molecule has 120 valence electrons. The first-order valence-corrected chi connectivity index (χ1v) is 6.48. The molecule has 0 spiro atoms. The molecular formula is C13H21Cl2N3O3. The van der Waals surface area contributed by atoms with Gasteiger partial charge in [0.2, 0.25) is 0 Å². The van der Waals surface area contributed by atoms with E-state index in [1.54, 1.807) is 12.1 Å². The van der Waals surface area contributed by atoms with Crippen molar-refractivity contribution in [2.45, 2.75) is 13.0 Å². The Morgan fingerprint density at radius 3 is 2.62 bits per heavy atom. The predicted octanol–water partition coefficient (Wildman–Crippen LogP) is 2.11. The molecule has 21 heavy (non-hydrogen) atoms. The number of halogens is 2. The average molecular weight is 338 g/mol. The Bertz CT molecular complexity index is 431. The van der Waals surface area contributed by atoms with Gasteiger partial charge in [-0.1, -0.05) is 0 Å². The third-order valence-corrected chi connectivity index (χ3v) is 3.18. The normalized spacial score (nSPS) is 18.2. The fraction of sp³-hybridized carbons (Fsp3) is 0.538. The van der Waals surface area contributed by atoms with Gasteiger partial charge in [-0.15, -0.1) is 24.8 Å². The number of piperazine rings is 1. The Morgan fingerprint density at radius 2 is 2.05 bits per heavy atom. The van der Waals surface area contributed by atoms with Crippen LogP contribution in [0.4, 0.5) is 5.69 Å². The van der Waals surface area contributed by atoms with Crippen molar-refractivity contribution >= 4 is 30.5 Å². The standard InChI is InChI=1S/C13H19N3O3.2ClH/c1-11-10-15(7-6-14-11)8-9-19-13-4-2-12(3-5-13)16(17)18;;/h2-5,11,14H,6-10H2,1H3;2*1H/t11-;;/m1../s1. The molecule has 8 heteroatoms. The van der Waals surface area contributed by atoms with Crippen LogP contribution in [0.15, 0.2) is 24.3 Å². The van der Waals surface area contributed by atoms with Gasteiger partial charge in [0, 0.05) is 44.4 Å². The lowest BCUT2D eigenvalue weighted by molar-refractivity contribution is -0.384. The highest BCUT2D eigenvalue weighted by Gasteiger charge is 2.14. The quantitative estimate of drug-likeness (QED) is 0.658. The van der Waals surface area contributed by atoms with Crippen molar-refractivity contribution in [3.05, 3.63) is 34.4 Å². The van der Waals surface area contributed by atoms with Gasteiger partial charge in [-0.2, -0.15) is 0 Å². The van der Waals surface area contributed by atoms with Gasteiger partial charge in [0.15, 0.2) is 0 Å². The summed E-state index contributed by atoms with van der Waals surface area (Å²) in [5.74, 6) is 0.675. The number of nitro benzene ring substituents is 1. The first kappa shape index (κ1) is 19.9. The second kappa shape index (κ2) is 9.78. The van der Waals surface area contributed by atoms with Crippen LogP contribution in [0.5, 0.6) is 5.75 Å². The van der Waals surface area contributed by atoms with E-state index in [2.05, 4.69) is 17.1 Å². The highest BCUT2D eigenvalue weighted by atomic mass is 35.5. The van der Waals surface area contributed by atoms with Gasteiger partial charge in [-0.25, -0.2) is 0 Å². The zero-order valence-corrected chi connectivity index (χ0v) is 13.5. The molecule has 6 nitrogen and oxygen atoms in total. The van der Waals surface area contributed by atoms with Crippen molar-refractivity contribution in [1.29, 1.82) is 0 Å². The molecule has 0 unspecified atom stereocenters. The molecule has 1 aromatic carbocycles. The lowest BCUT2D eigenvalue weighted by Gasteiger charge is -2.31. The molecule has 0 amide bonds. The SMILES string of the molecule is C[C@@H]1CN(CCOc2ccc([N+](=O)[O-])cc2)CCN1.Cl.Cl. The third-order valence-electron chi connectivity index (χ3n) is 3.18. The van der Waals surface area contributed by atoms with E-state index in [9.17, 15) is 10.1 Å². The van der Waals surface area contributed by atoms with Crippen LogP contribution in [0, 0.1) is 10.1 Å². The minimum absolute atomic E-state index is 0. The van der Waals surface area contributed by atoms with E-state index >= 15 is 0 Å². The largest absolute Gasteiger partial charge is 0.492 e. The summed E-state index contributed by atoms with van der Waals surface area (Å²) in [4.78, 5) is 12.5. The van der Waals surface area contributed by atoms with Crippen molar-refractivity contribution in [1.82, 2.24) is 10.2 Å². The fourth-order valence-electron chi connectivity index (χ4n) is 2.17. The van der Waals surface area contributed by atoms with E-state index in [0.717, 1.165) is 26.2 Å². The Balaban J connectivity index is 0.00000200. The second-order valence-corrected chi connectivity index (χ2v) is 4.76. The van der Waals surface area contributed by atoms with Gasteiger partial charge in [-0.05, 0) is 19.1 Å². The van der Waals surface area contributed by atoms with E-state index < -0.39 is 4.92 Å². The van der Waals surface area contributed by atoms with E-state index in [1.165, 1.54) is 12.1 Å². The van der Waals surface area contributed by atoms with Crippen LogP contribution in [-0.2, 0) is 0 Å². The van der Waals surface area contributed by atoms with Crippen LogP contribution in [0.25, 0.3) is 0 Å². The maximum absolute atomic E-state index is 10.5. The van der Waals surface area contributed by atoms with Gasteiger partial charge in [0.05, 0.1) is 4.92 Å². The minimum atomic E-state index is -0.411. The summed E-state index contributed by atoms with van der Waals surface area (Å²) >= 11 is 0. The number of nitrogens with zero attached hydrogens (tertiary/aromatic N) is 2. The van der Waals surface area contributed by atoms with Crippen LogP contribution in [0.2, 0.25) is 0 Å². The lowest BCUT2D eigenvalue weighted by Crippen LogP contribution is -2.50. The third kappa shape index (κ3) is 6.48. The molecule has 1 fully saturated rings. The van der Waals surface area contributed by atoms with E-state index in [4.69, 9.17) is 4.74 Å². The summed E-state index contributed by atoms with van der Waals surface area (Å²) in [5.41, 5.74) is 0.0864. The van der Waals surface area contributed by atoms with Crippen LogP contribution in [0.1, 0.15) is 6.92 Å². The van der Waals surface area contributed by atoms with Gasteiger partial charge < -0.3 is 10.1 Å². The predicted molar refractivity (Wildman–Crippen MR) is 87.0 cm³/mol. The first-order valence-electron chi connectivity index (χ1n) is 6.48. The number of nitro groups is 1. The summed E-state index contributed by atoms with van der Waals surface area (Å²) in [6, 6.07) is 6.72. The van der Waals surface area contributed by atoms with Gasteiger partial charge in [0.1, 0.15) is 12.4 Å². The number of hydrogen-bond acceptors (Lipinski definition) is 5. The summed E-state index contributed by atoms with van der Waals surface area (Å²) in [6.45, 7) is 6.73. The van der Waals surface area contributed by atoms with E-state index in [-0.39, 0.29) is 30.5 Å². The van der Waals surface area contributed by atoms with E-state index in [0.29, 0.717) is 18.4 Å². The molecule has 0 aliphatic carbocycles. The van der Waals surface area contributed by atoms with Crippen molar-refractivity contribution in [2.75, 3.05) is 32.8 Å². The number of hydrogen-bond donors (Lipinski definition) is 1. The highest BCUT2D eigenvalue weighted by molar-refractivity contribution is 5.85. The Morgan fingerprint density at radius 1 is 1.38 bits per heavy atom. The van der Waals surface area contributed by atoms with Crippen molar-refractivity contribution in [3.8, 4) is 5.75 Å². The summed E-state index contributed by atoms with van der Waals surface area (Å²) in [7, 11) is 0. The number of rotatable bonds is 5. The molecule has 1 N–H and O–H groups in total. The molecule has 2 rings (SSSR count). The smallest absolute Gasteiger partial charge is 0.269 e. The molecule has 0 bridgehead atoms. The zero-order valence-electron chi connectivity index (χ0n) is 11.9. The first-order chi connectivity index (χ1) is 9.15. The van der Waals surface area contributed by atoms with Crippen molar-refractivity contribution < 1.29 is 9.66 Å². The Labute approximate surface area is 136 Å². The molecule has 1 aliphatic heterocycles. The second-order valence-electron chi connectivity index (χ2n) is 4.76. The molecule has 1 saturated heterocycles. The molecule has 0 saturated carbocycles. The van der Waals surface area contributed by atoms with Crippen molar-refractivity contribution in [3.63, 3.8) is 0 Å². The van der Waals surface area contributed by atoms with Crippen molar-refractivity contribution in [2.24, 2.45) is 0 Å². The monoisotopic (exact) mass is 337 g/mol. The van der Waals surface area contributed by atoms with Crippen LogP contribution >= 0.6 is 24.8 Å². The summed E-state index contributed by atoms with van der Waals surface area (Å²) in [6.07, 6.45) is 0. The number of nitrogens with one attached hydrogen (secondary N) is 1. The molecule has 0 aromatic heterocycles. The number of ether oxygens (including phenoxy) is 1. The minimum Gasteiger partial charge on any atom is -0.492 e. The molecule has 0 radical (unpaired) electrons. The maximum Gasteiger partial charge on any atom is 0.269 e.